The van der Waals surface area contributed by atoms with E-state index in [-0.39, 0.29) is 24.0 Å². The first-order valence-corrected chi connectivity index (χ1v) is 10.3. The topological polar surface area (TPSA) is 57.5 Å². The second-order valence-corrected chi connectivity index (χ2v) is 6.99. The Morgan fingerprint density at radius 1 is 1.21 bits per heavy atom. The Bertz CT molecular complexity index is 695. The van der Waals surface area contributed by atoms with Crippen LogP contribution in [0.4, 0.5) is 0 Å². The van der Waals surface area contributed by atoms with Gasteiger partial charge in [0.15, 0.2) is 5.96 Å². The molecule has 7 heteroatoms. The fraction of sp³-hybridized carbons (Fsp3) is 0.619. The summed E-state index contributed by atoms with van der Waals surface area (Å²) in [6.07, 6.45) is 5.31. The number of nitrogens with one attached hydrogen (secondary N) is 2. The van der Waals surface area contributed by atoms with Crippen molar-refractivity contribution in [2.45, 2.75) is 52.6 Å². The molecule has 2 N–H and O–H groups in total. The van der Waals surface area contributed by atoms with Crippen LogP contribution < -0.4 is 10.6 Å². The van der Waals surface area contributed by atoms with E-state index in [2.05, 4.69) is 69.0 Å². The van der Waals surface area contributed by atoms with Gasteiger partial charge in [0.1, 0.15) is 0 Å². The zero-order valence-corrected chi connectivity index (χ0v) is 20.1. The molecular weight excluding hydrogens is 463 g/mol. The summed E-state index contributed by atoms with van der Waals surface area (Å²) in [5, 5.41) is 6.93. The molecule has 158 valence electrons. The number of aryl methyl sites for hydroxylation is 1. The number of guanidine groups is 1. The third kappa shape index (κ3) is 7.95. The standard InChI is InChI=1S/C21H36N6.HI/c1-5-26(6-2)15-9-11-18(3)25-21(22-4)23-14-10-16-27-17-24-19-12-7-8-13-20(19)27;/h7-8,12-13,17-18H,5-6,9-11,14-16H2,1-4H3,(H2,22,23,25);1H. The molecule has 0 aliphatic heterocycles. The van der Waals surface area contributed by atoms with Crippen molar-refractivity contribution in [2.75, 3.05) is 33.2 Å². The van der Waals surface area contributed by atoms with Crippen molar-refractivity contribution in [1.29, 1.82) is 0 Å². The average Bonchev–Trinajstić information content (AvgIpc) is 3.10. The molecule has 0 saturated carbocycles. The predicted octanol–water partition coefficient (Wildman–Crippen LogP) is 3.72. The van der Waals surface area contributed by atoms with Crippen molar-refractivity contribution in [3.8, 4) is 0 Å². The molecule has 1 unspecified atom stereocenters. The van der Waals surface area contributed by atoms with Gasteiger partial charge in [0.2, 0.25) is 0 Å². The van der Waals surface area contributed by atoms with Crippen molar-refractivity contribution in [2.24, 2.45) is 4.99 Å². The van der Waals surface area contributed by atoms with Crippen LogP contribution in [0.3, 0.4) is 0 Å². The third-order valence-corrected chi connectivity index (χ3v) is 5.01. The van der Waals surface area contributed by atoms with Gasteiger partial charge in [0.05, 0.1) is 17.4 Å². The highest BCUT2D eigenvalue weighted by molar-refractivity contribution is 14.0. The van der Waals surface area contributed by atoms with Gasteiger partial charge >= 0.3 is 0 Å². The molecule has 0 saturated heterocycles. The van der Waals surface area contributed by atoms with Gasteiger partial charge < -0.3 is 20.1 Å². The van der Waals surface area contributed by atoms with Crippen molar-refractivity contribution in [3.05, 3.63) is 30.6 Å². The Kier molecular flexibility index (Phi) is 12.1. The molecular formula is C21H37IN6. The van der Waals surface area contributed by atoms with Crippen LogP contribution in [-0.2, 0) is 6.54 Å². The number of benzene rings is 1. The minimum Gasteiger partial charge on any atom is -0.356 e. The number of imidazole rings is 1. The van der Waals surface area contributed by atoms with Crippen molar-refractivity contribution in [3.63, 3.8) is 0 Å². The molecule has 0 fully saturated rings. The maximum Gasteiger partial charge on any atom is 0.191 e. The zero-order chi connectivity index (χ0) is 19.5. The van der Waals surface area contributed by atoms with Crippen molar-refractivity contribution >= 4 is 41.0 Å². The lowest BCUT2D eigenvalue weighted by atomic mass is 10.2. The third-order valence-electron chi connectivity index (χ3n) is 5.01. The maximum atomic E-state index is 4.44. The van der Waals surface area contributed by atoms with Crippen LogP contribution in [0.1, 0.15) is 40.0 Å². The number of para-hydroxylation sites is 2. The number of aromatic nitrogens is 2. The summed E-state index contributed by atoms with van der Waals surface area (Å²) in [6, 6.07) is 8.68. The summed E-state index contributed by atoms with van der Waals surface area (Å²) < 4.78 is 2.21. The molecule has 0 amide bonds. The summed E-state index contributed by atoms with van der Waals surface area (Å²) in [6.45, 7) is 12.0. The maximum absolute atomic E-state index is 4.44. The molecule has 2 aromatic rings. The first-order valence-electron chi connectivity index (χ1n) is 10.3. The zero-order valence-electron chi connectivity index (χ0n) is 17.8. The Morgan fingerprint density at radius 2 is 1.96 bits per heavy atom. The minimum atomic E-state index is 0. The lowest BCUT2D eigenvalue weighted by molar-refractivity contribution is 0.292. The van der Waals surface area contributed by atoms with Gasteiger partial charge in [-0.3, -0.25) is 4.99 Å². The fourth-order valence-electron chi connectivity index (χ4n) is 3.31. The normalized spacial score (nSPS) is 12.8. The SMILES string of the molecule is CCN(CC)CCCC(C)NC(=NC)NCCCn1cnc2ccccc21.I. The Labute approximate surface area is 187 Å². The van der Waals surface area contributed by atoms with Crippen molar-refractivity contribution < 1.29 is 0 Å². The molecule has 28 heavy (non-hydrogen) atoms. The number of halogens is 1. The average molecular weight is 500 g/mol. The van der Waals surface area contributed by atoms with Crippen LogP contribution in [0, 0.1) is 0 Å². The summed E-state index contributed by atoms with van der Waals surface area (Å²) in [5.41, 5.74) is 2.25. The van der Waals surface area contributed by atoms with Crippen LogP contribution in [-0.4, -0.2) is 59.7 Å². The van der Waals surface area contributed by atoms with Gasteiger partial charge in [-0.1, -0.05) is 26.0 Å². The number of nitrogens with zero attached hydrogens (tertiary/aromatic N) is 4. The van der Waals surface area contributed by atoms with E-state index in [4.69, 9.17) is 0 Å². The van der Waals surface area contributed by atoms with E-state index in [1.165, 1.54) is 18.5 Å². The van der Waals surface area contributed by atoms with Crippen LogP contribution in [0.15, 0.2) is 35.6 Å². The first kappa shape index (κ1) is 24.7. The number of fused-ring (bicyclic) bond motifs is 1. The fourth-order valence-corrected chi connectivity index (χ4v) is 3.31. The first-order chi connectivity index (χ1) is 13.2. The lowest BCUT2D eigenvalue weighted by Crippen LogP contribution is -2.42. The van der Waals surface area contributed by atoms with E-state index in [0.717, 1.165) is 50.5 Å². The number of rotatable bonds is 11. The molecule has 1 aromatic heterocycles. The second-order valence-electron chi connectivity index (χ2n) is 6.99. The molecule has 6 nitrogen and oxygen atoms in total. The van der Waals surface area contributed by atoms with Gasteiger partial charge in [-0.15, -0.1) is 24.0 Å². The van der Waals surface area contributed by atoms with Gasteiger partial charge in [-0.25, -0.2) is 4.98 Å². The summed E-state index contributed by atoms with van der Waals surface area (Å²) in [5.74, 6) is 0.890. The van der Waals surface area contributed by atoms with E-state index < -0.39 is 0 Å². The highest BCUT2D eigenvalue weighted by Crippen LogP contribution is 2.11. The second kappa shape index (κ2) is 13.8. The lowest BCUT2D eigenvalue weighted by Gasteiger charge is -2.21. The smallest absolute Gasteiger partial charge is 0.191 e. The van der Waals surface area contributed by atoms with Crippen LogP contribution >= 0.6 is 24.0 Å². The summed E-state index contributed by atoms with van der Waals surface area (Å²) in [7, 11) is 1.83. The van der Waals surface area contributed by atoms with E-state index >= 15 is 0 Å². The molecule has 0 bridgehead atoms. The van der Waals surface area contributed by atoms with Gasteiger partial charge in [-0.05, 0) is 58.0 Å². The molecule has 0 aliphatic rings. The Hall–Kier alpha value is -1.35. The summed E-state index contributed by atoms with van der Waals surface area (Å²) in [4.78, 5) is 11.3. The highest BCUT2D eigenvalue weighted by atomic mass is 127. The molecule has 2 rings (SSSR count). The Balaban J connectivity index is 0.00000392. The van der Waals surface area contributed by atoms with Crippen LogP contribution in [0.25, 0.3) is 11.0 Å². The molecule has 1 aromatic carbocycles. The van der Waals surface area contributed by atoms with E-state index in [1.807, 2.05) is 19.4 Å². The van der Waals surface area contributed by atoms with Crippen LogP contribution in [0.5, 0.6) is 0 Å². The highest BCUT2D eigenvalue weighted by Gasteiger charge is 2.07. The molecule has 0 spiro atoms. The molecule has 0 radical (unpaired) electrons. The van der Waals surface area contributed by atoms with Gasteiger partial charge in [-0.2, -0.15) is 0 Å². The van der Waals surface area contributed by atoms with Crippen molar-refractivity contribution in [1.82, 2.24) is 25.1 Å². The molecule has 0 aliphatic carbocycles. The van der Waals surface area contributed by atoms with Gasteiger partial charge in [0, 0.05) is 26.2 Å². The molecule has 1 heterocycles. The molecule has 1 atom stereocenters. The minimum absolute atomic E-state index is 0. The van der Waals surface area contributed by atoms with E-state index in [0.29, 0.717) is 6.04 Å². The summed E-state index contributed by atoms with van der Waals surface area (Å²) >= 11 is 0. The predicted molar refractivity (Wildman–Crippen MR) is 131 cm³/mol. The largest absolute Gasteiger partial charge is 0.356 e. The number of aliphatic imine (C=N–C) groups is 1. The number of hydrogen-bond acceptors (Lipinski definition) is 3. The van der Waals surface area contributed by atoms with E-state index in [9.17, 15) is 0 Å². The van der Waals surface area contributed by atoms with Gasteiger partial charge in [0.25, 0.3) is 0 Å². The van der Waals surface area contributed by atoms with E-state index in [1.54, 1.807) is 0 Å². The Morgan fingerprint density at radius 3 is 2.68 bits per heavy atom. The number of hydrogen-bond donors (Lipinski definition) is 2. The van der Waals surface area contributed by atoms with Crippen LogP contribution in [0.2, 0.25) is 0 Å². The monoisotopic (exact) mass is 500 g/mol. The quantitative estimate of drug-likeness (QED) is 0.214.